The lowest BCUT2D eigenvalue weighted by molar-refractivity contribution is 0.0695. The van der Waals surface area contributed by atoms with E-state index in [-0.39, 0.29) is 16.5 Å². The van der Waals surface area contributed by atoms with Crippen LogP contribution >= 0.6 is 0 Å². The number of aryl methyl sites for hydroxylation is 3. The number of carboxylic acids is 1. The van der Waals surface area contributed by atoms with Crippen LogP contribution in [-0.4, -0.2) is 72.8 Å². The van der Waals surface area contributed by atoms with Crippen molar-refractivity contribution in [1.82, 2.24) is 29.0 Å². The second-order valence-electron chi connectivity index (χ2n) is 11.0. The number of carbonyl (C=O) groups is 1. The molecule has 1 fully saturated rings. The Kier molecular flexibility index (Phi) is 9.23. The molecule has 1 aliphatic heterocycles. The number of nitrogens with one attached hydrogen (secondary N) is 2. The van der Waals surface area contributed by atoms with Crippen molar-refractivity contribution >= 4 is 34.5 Å². The topological polar surface area (TPSA) is 158 Å². The predicted molar refractivity (Wildman–Crippen MR) is 169 cm³/mol. The van der Waals surface area contributed by atoms with Crippen molar-refractivity contribution in [2.24, 2.45) is 0 Å². The van der Waals surface area contributed by atoms with Gasteiger partial charge in [0.15, 0.2) is 0 Å². The Bertz CT molecular complexity index is 1820. The molecule has 0 amide bonds. The van der Waals surface area contributed by atoms with Gasteiger partial charge in [-0.25, -0.2) is 14.6 Å². The molecule has 0 unspecified atom stereocenters. The van der Waals surface area contributed by atoms with Gasteiger partial charge in [-0.05, 0) is 62.9 Å². The first kappa shape index (κ1) is 30.7. The van der Waals surface area contributed by atoms with E-state index in [1.165, 1.54) is 34.2 Å². The number of nitrogens with zero attached hydrogens (tertiary/aromatic N) is 6. The Balaban J connectivity index is 1.13. The third kappa shape index (κ3) is 6.57. The molecule has 4 heterocycles. The van der Waals surface area contributed by atoms with Crippen molar-refractivity contribution < 1.29 is 9.90 Å². The number of carboxylic acid groups (broad SMARTS) is 1. The van der Waals surface area contributed by atoms with Gasteiger partial charge in [0.1, 0.15) is 17.0 Å². The number of pyridine rings is 1. The third-order valence-electron chi connectivity index (χ3n) is 8.16. The van der Waals surface area contributed by atoms with Gasteiger partial charge in [-0.15, -0.1) is 0 Å². The lowest BCUT2D eigenvalue weighted by Gasteiger charge is -2.34. The summed E-state index contributed by atoms with van der Waals surface area (Å²) in [5, 5.41) is 12.7. The van der Waals surface area contributed by atoms with Crippen molar-refractivity contribution in [2.75, 3.05) is 42.9 Å². The minimum absolute atomic E-state index is 0.190. The second kappa shape index (κ2) is 13.2. The summed E-state index contributed by atoms with van der Waals surface area (Å²) in [5.74, 6) is -0.391. The van der Waals surface area contributed by atoms with Gasteiger partial charge in [0.25, 0.3) is 5.56 Å². The van der Waals surface area contributed by atoms with Gasteiger partial charge in [0.2, 0.25) is 11.4 Å². The molecular formula is C31H38N8O5. The first-order chi connectivity index (χ1) is 21.2. The van der Waals surface area contributed by atoms with E-state index < -0.39 is 17.1 Å². The number of benzene rings is 1. The average molecular weight is 603 g/mol. The lowest BCUT2D eigenvalue weighted by atomic mass is 10.1. The third-order valence-corrected chi connectivity index (χ3v) is 8.16. The zero-order valence-corrected chi connectivity index (χ0v) is 25.3. The van der Waals surface area contributed by atoms with Crippen molar-refractivity contribution in [3.63, 3.8) is 0 Å². The van der Waals surface area contributed by atoms with Crippen LogP contribution in [0.25, 0.3) is 11.0 Å². The molecule has 5 rings (SSSR count). The van der Waals surface area contributed by atoms with Crippen molar-refractivity contribution in [2.45, 2.75) is 53.1 Å². The van der Waals surface area contributed by atoms with Gasteiger partial charge in [0, 0.05) is 63.4 Å². The van der Waals surface area contributed by atoms with Gasteiger partial charge in [0.05, 0.1) is 5.39 Å². The number of unbranched alkanes of at least 4 members (excludes halogenated alkanes) is 1. The molecule has 13 nitrogen and oxygen atoms in total. The summed E-state index contributed by atoms with van der Waals surface area (Å²) in [5.41, 5.74) is 2.00. The van der Waals surface area contributed by atoms with E-state index >= 15 is 0 Å². The van der Waals surface area contributed by atoms with Crippen LogP contribution in [0.3, 0.4) is 0 Å². The van der Waals surface area contributed by atoms with Crippen LogP contribution in [0.2, 0.25) is 0 Å². The average Bonchev–Trinajstić information content (AvgIpc) is 3.01. The van der Waals surface area contributed by atoms with Crippen LogP contribution < -0.4 is 26.9 Å². The highest BCUT2D eigenvalue weighted by molar-refractivity contribution is 5.91. The van der Waals surface area contributed by atoms with E-state index in [4.69, 9.17) is 0 Å². The number of anilines is 3. The molecule has 0 radical (unpaired) electrons. The summed E-state index contributed by atoms with van der Waals surface area (Å²) in [6.07, 6.45) is 5.17. The van der Waals surface area contributed by atoms with Crippen LogP contribution in [0.5, 0.6) is 0 Å². The van der Waals surface area contributed by atoms with Crippen molar-refractivity contribution in [3.05, 3.63) is 84.4 Å². The van der Waals surface area contributed by atoms with Crippen molar-refractivity contribution in [1.29, 1.82) is 0 Å². The van der Waals surface area contributed by atoms with Gasteiger partial charge >= 0.3 is 11.7 Å². The highest BCUT2D eigenvalue weighted by atomic mass is 16.4. The zero-order chi connectivity index (χ0) is 31.4. The normalized spacial score (nSPS) is 13.8. The molecule has 0 saturated carbocycles. The molecule has 44 heavy (non-hydrogen) atoms. The molecule has 3 N–H and O–H groups in total. The summed E-state index contributed by atoms with van der Waals surface area (Å²) in [6.45, 7) is 10.6. The van der Waals surface area contributed by atoms with Gasteiger partial charge in [-0.3, -0.25) is 24.0 Å². The van der Waals surface area contributed by atoms with Gasteiger partial charge in [-0.1, -0.05) is 13.0 Å². The number of rotatable bonds is 11. The van der Waals surface area contributed by atoms with Crippen LogP contribution in [0.1, 0.15) is 48.2 Å². The lowest BCUT2D eigenvalue weighted by Crippen LogP contribution is -2.47. The molecule has 0 aliphatic carbocycles. The Morgan fingerprint density at radius 3 is 2.48 bits per heavy atom. The maximum absolute atomic E-state index is 12.7. The Labute approximate surface area is 253 Å². The minimum atomic E-state index is -1.27. The van der Waals surface area contributed by atoms with E-state index in [0.717, 1.165) is 38.2 Å². The summed E-state index contributed by atoms with van der Waals surface area (Å²) in [7, 11) is 0. The van der Waals surface area contributed by atoms with E-state index in [1.807, 2.05) is 25.1 Å². The van der Waals surface area contributed by atoms with Crippen LogP contribution in [-0.2, 0) is 19.5 Å². The van der Waals surface area contributed by atoms with E-state index in [1.54, 1.807) is 4.57 Å². The zero-order valence-electron chi connectivity index (χ0n) is 25.3. The first-order valence-electron chi connectivity index (χ1n) is 15.0. The summed E-state index contributed by atoms with van der Waals surface area (Å²) in [6, 6.07) is 7.39. The highest BCUT2D eigenvalue weighted by Crippen LogP contribution is 2.19. The first-order valence-corrected chi connectivity index (χ1v) is 15.0. The monoisotopic (exact) mass is 602 g/mol. The summed E-state index contributed by atoms with van der Waals surface area (Å²) < 4.78 is 2.90. The Hall–Kier alpha value is -4.78. The standard InChI is InChI=1S/C31H38N8O5/c1-4-21-16-22(9-8-20(21)3)33-25-17-26(40)39(31(44)34-25)11-7-6-10-36-12-14-38(15-13-36)30-32-18-23-27(41)24(29(42)43)19-37(5-2)28(23)35-30/h8-9,16-19,33H,4-7,10-15H2,1-3H3,(H,34,44)(H,42,43). The molecule has 0 atom stereocenters. The number of aromatic carboxylic acids is 1. The number of H-pyrrole nitrogens is 1. The maximum atomic E-state index is 12.7. The second-order valence-corrected chi connectivity index (χ2v) is 11.0. The SMILES string of the molecule is CCc1cc(Nc2cc(=O)n(CCCCN3CCN(c4ncc5c(=O)c(C(=O)O)cn(CC)c5n4)CC3)c(=O)[nH]2)ccc1C. The minimum Gasteiger partial charge on any atom is -0.477 e. The summed E-state index contributed by atoms with van der Waals surface area (Å²) >= 11 is 0. The van der Waals surface area contributed by atoms with E-state index in [9.17, 15) is 24.3 Å². The molecule has 1 aliphatic rings. The van der Waals surface area contributed by atoms with Crippen molar-refractivity contribution in [3.8, 4) is 0 Å². The maximum Gasteiger partial charge on any atom is 0.341 e. The Morgan fingerprint density at radius 1 is 1.05 bits per heavy atom. The number of aromatic amines is 1. The fourth-order valence-electron chi connectivity index (χ4n) is 5.57. The van der Waals surface area contributed by atoms with Crippen LogP contribution in [0, 0.1) is 6.92 Å². The molecule has 232 valence electrons. The molecule has 1 saturated heterocycles. The predicted octanol–water partition coefficient (Wildman–Crippen LogP) is 2.58. The summed E-state index contributed by atoms with van der Waals surface area (Å²) in [4.78, 5) is 65.6. The quantitative estimate of drug-likeness (QED) is 0.218. The van der Waals surface area contributed by atoms with Gasteiger partial charge in [-0.2, -0.15) is 4.98 Å². The molecule has 0 bridgehead atoms. The smallest absolute Gasteiger partial charge is 0.341 e. The number of piperazine rings is 1. The number of hydrogen-bond acceptors (Lipinski definition) is 9. The number of fused-ring (bicyclic) bond motifs is 1. The highest BCUT2D eigenvalue weighted by Gasteiger charge is 2.21. The molecular weight excluding hydrogens is 564 g/mol. The number of aromatic nitrogens is 5. The number of hydrogen-bond donors (Lipinski definition) is 3. The largest absolute Gasteiger partial charge is 0.477 e. The van der Waals surface area contributed by atoms with Gasteiger partial charge < -0.3 is 19.9 Å². The van der Waals surface area contributed by atoms with Crippen LogP contribution in [0.15, 0.2) is 51.0 Å². The molecule has 1 aromatic carbocycles. The van der Waals surface area contributed by atoms with Crippen LogP contribution in [0.4, 0.5) is 17.5 Å². The fraction of sp³-hybridized carbons (Fsp3) is 0.419. The molecule has 3 aromatic heterocycles. The molecule has 0 spiro atoms. The molecule has 13 heteroatoms. The molecule has 4 aromatic rings. The Morgan fingerprint density at radius 2 is 1.80 bits per heavy atom. The van der Waals surface area contributed by atoms with E-state index in [0.29, 0.717) is 50.0 Å². The fourth-order valence-corrected chi connectivity index (χ4v) is 5.57. The van der Waals surface area contributed by atoms with E-state index in [2.05, 4.69) is 43.9 Å².